The molecule has 156 valence electrons. The van der Waals surface area contributed by atoms with Crippen LogP contribution in [0.1, 0.15) is 28.7 Å². The lowest BCUT2D eigenvalue weighted by Crippen LogP contribution is -2.34. The van der Waals surface area contributed by atoms with Crippen LogP contribution in [0.25, 0.3) is 0 Å². The van der Waals surface area contributed by atoms with Crippen LogP contribution in [0, 0.1) is 27.7 Å². The zero-order chi connectivity index (χ0) is 21.2. The van der Waals surface area contributed by atoms with Crippen molar-refractivity contribution in [3.8, 4) is 11.5 Å². The summed E-state index contributed by atoms with van der Waals surface area (Å²) in [5.74, 6) is 0.985. The van der Waals surface area contributed by atoms with Gasteiger partial charge < -0.3 is 20.1 Å². The zero-order valence-corrected chi connectivity index (χ0v) is 17.6. The summed E-state index contributed by atoms with van der Waals surface area (Å²) in [5, 5.41) is 5.55. The average Bonchev–Trinajstić information content (AvgIpc) is 2.69. The summed E-state index contributed by atoms with van der Waals surface area (Å²) >= 11 is 0. The number of benzene rings is 2. The predicted octanol–water partition coefficient (Wildman–Crippen LogP) is 3.00. The Balaban J connectivity index is 1.55. The van der Waals surface area contributed by atoms with Gasteiger partial charge in [0, 0.05) is 13.1 Å². The van der Waals surface area contributed by atoms with E-state index in [9.17, 15) is 9.59 Å². The molecule has 29 heavy (non-hydrogen) atoms. The van der Waals surface area contributed by atoms with Crippen molar-refractivity contribution in [2.45, 2.75) is 34.1 Å². The Morgan fingerprint density at radius 2 is 1.10 bits per heavy atom. The van der Waals surface area contributed by atoms with E-state index in [1.165, 1.54) is 11.1 Å². The third-order valence-electron chi connectivity index (χ3n) is 4.69. The molecule has 0 spiro atoms. The second-order valence-corrected chi connectivity index (χ2v) is 7.12. The van der Waals surface area contributed by atoms with Gasteiger partial charge in [-0.2, -0.15) is 0 Å². The first-order chi connectivity index (χ1) is 13.8. The van der Waals surface area contributed by atoms with Crippen molar-refractivity contribution in [3.63, 3.8) is 0 Å². The molecule has 2 N–H and O–H groups in total. The van der Waals surface area contributed by atoms with Crippen molar-refractivity contribution >= 4 is 11.8 Å². The minimum atomic E-state index is -0.187. The van der Waals surface area contributed by atoms with Crippen molar-refractivity contribution in [3.05, 3.63) is 58.7 Å². The number of carbonyl (C=O) groups is 2. The Kier molecular flexibility index (Phi) is 8.52. The largest absolute Gasteiger partial charge is 0.484 e. The normalized spacial score (nSPS) is 10.3. The molecule has 0 atom stereocenters. The topological polar surface area (TPSA) is 76.7 Å². The lowest BCUT2D eigenvalue weighted by Gasteiger charge is -2.10. The van der Waals surface area contributed by atoms with Gasteiger partial charge >= 0.3 is 0 Å². The van der Waals surface area contributed by atoms with Crippen molar-refractivity contribution in [2.24, 2.45) is 0 Å². The number of hydrogen-bond acceptors (Lipinski definition) is 4. The third kappa shape index (κ3) is 7.86. The Bertz CT molecular complexity index is 779. The Hall–Kier alpha value is -3.02. The van der Waals surface area contributed by atoms with Crippen LogP contribution in [0.5, 0.6) is 11.5 Å². The average molecular weight is 399 g/mol. The summed E-state index contributed by atoms with van der Waals surface area (Å²) in [6, 6.07) is 11.5. The summed E-state index contributed by atoms with van der Waals surface area (Å²) in [5.41, 5.74) is 4.62. The second-order valence-electron chi connectivity index (χ2n) is 7.12. The lowest BCUT2D eigenvalue weighted by molar-refractivity contribution is -0.123. The number of hydrogen-bond donors (Lipinski definition) is 2. The minimum Gasteiger partial charge on any atom is -0.484 e. The summed E-state index contributed by atoms with van der Waals surface area (Å²) in [6.45, 7) is 8.94. The van der Waals surface area contributed by atoms with Crippen LogP contribution in [0.4, 0.5) is 0 Å². The summed E-state index contributed by atoms with van der Waals surface area (Å²) in [4.78, 5) is 23.7. The van der Waals surface area contributed by atoms with Crippen LogP contribution in [0.3, 0.4) is 0 Å². The van der Waals surface area contributed by atoms with E-state index in [1.54, 1.807) is 0 Å². The van der Waals surface area contributed by atoms with Crippen molar-refractivity contribution in [1.29, 1.82) is 0 Å². The van der Waals surface area contributed by atoms with E-state index in [-0.39, 0.29) is 25.0 Å². The molecule has 0 aliphatic carbocycles. The Morgan fingerprint density at radius 1 is 0.690 bits per heavy atom. The van der Waals surface area contributed by atoms with Crippen LogP contribution in [-0.2, 0) is 9.59 Å². The van der Waals surface area contributed by atoms with E-state index >= 15 is 0 Å². The number of amides is 2. The van der Waals surface area contributed by atoms with Gasteiger partial charge in [-0.1, -0.05) is 12.1 Å². The summed E-state index contributed by atoms with van der Waals surface area (Å²) < 4.78 is 11.0. The second kappa shape index (κ2) is 11.1. The van der Waals surface area contributed by atoms with Gasteiger partial charge in [0.05, 0.1) is 0 Å². The summed E-state index contributed by atoms with van der Waals surface area (Å²) in [7, 11) is 0. The fraction of sp³-hybridized carbons (Fsp3) is 0.391. The molecule has 0 saturated heterocycles. The SMILES string of the molecule is Cc1ccc(OCC(=O)NCCCNC(=O)COc2ccc(C)c(C)c2)cc1C. The van der Waals surface area contributed by atoms with Crippen LogP contribution in [0.15, 0.2) is 36.4 Å². The van der Waals surface area contributed by atoms with E-state index in [0.717, 1.165) is 11.1 Å². The maximum atomic E-state index is 11.8. The molecule has 2 aromatic carbocycles. The maximum Gasteiger partial charge on any atom is 0.257 e. The molecule has 0 fully saturated rings. The molecule has 0 aromatic heterocycles. The molecule has 0 bridgehead atoms. The molecule has 2 rings (SSSR count). The fourth-order valence-electron chi connectivity index (χ4n) is 2.55. The van der Waals surface area contributed by atoms with E-state index in [4.69, 9.17) is 9.47 Å². The van der Waals surface area contributed by atoms with E-state index in [2.05, 4.69) is 10.6 Å². The number of ether oxygens (including phenoxy) is 2. The van der Waals surface area contributed by atoms with Gasteiger partial charge in [-0.15, -0.1) is 0 Å². The lowest BCUT2D eigenvalue weighted by atomic mass is 10.1. The molecule has 2 aromatic rings. The molecule has 2 amide bonds. The van der Waals surface area contributed by atoms with Gasteiger partial charge in [0.2, 0.25) is 0 Å². The van der Waals surface area contributed by atoms with Gasteiger partial charge in [0.1, 0.15) is 11.5 Å². The van der Waals surface area contributed by atoms with E-state index < -0.39 is 0 Å². The molecule has 0 unspecified atom stereocenters. The molecule has 0 aliphatic rings. The van der Waals surface area contributed by atoms with Crippen molar-refractivity contribution in [1.82, 2.24) is 10.6 Å². The van der Waals surface area contributed by atoms with E-state index in [0.29, 0.717) is 31.0 Å². The van der Waals surface area contributed by atoms with Gasteiger partial charge in [0.15, 0.2) is 13.2 Å². The Morgan fingerprint density at radius 3 is 1.48 bits per heavy atom. The maximum absolute atomic E-state index is 11.8. The first-order valence-corrected chi connectivity index (χ1v) is 9.78. The molecule has 0 radical (unpaired) electrons. The quantitative estimate of drug-likeness (QED) is 0.603. The molecular formula is C23H30N2O4. The smallest absolute Gasteiger partial charge is 0.257 e. The van der Waals surface area contributed by atoms with Crippen LogP contribution in [0.2, 0.25) is 0 Å². The van der Waals surface area contributed by atoms with Gasteiger partial charge in [-0.25, -0.2) is 0 Å². The number of aryl methyl sites for hydroxylation is 4. The van der Waals surface area contributed by atoms with E-state index in [1.807, 2.05) is 64.1 Å². The highest BCUT2D eigenvalue weighted by atomic mass is 16.5. The highest BCUT2D eigenvalue weighted by Crippen LogP contribution is 2.17. The zero-order valence-electron chi connectivity index (χ0n) is 17.6. The number of nitrogens with one attached hydrogen (secondary N) is 2. The van der Waals surface area contributed by atoms with Crippen LogP contribution >= 0.6 is 0 Å². The first-order valence-electron chi connectivity index (χ1n) is 9.78. The molecule has 0 saturated carbocycles. The fourth-order valence-corrected chi connectivity index (χ4v) is 2.55. The van der Waals surface area contributed by atoms with Crippen LogP contribution < -0.4 is 20.1 Å². The van der Waals surface area contributed by atoms with Crippen LogP contribution in [-0.4, -0.2) is 38.1 Å². The molecule has 6 heteroatoms. The van der Waals surface area contributed by atoms with Crippen molar-refractivity contribution < 1.29 is 19.1 Å². The Labute approximate surface area is 172 Å². The number of carbonyl (C=O) groups excluding carboxylic acids is 2. The standard InChI is InChI=1S/C23H30N2O4/c1-16-6-8-20(12-18(16)3)28-14-22(26)24-10-5-11-25-23(27)15-29-21-9-7-17(2)19(4)13-21/h6-9,12-13H,5,10-11,14-15H2,1-4H3,(H,24,26)(H,25,27). The molecule has 0 aliphatic heterocycles. The third-order valence-corrected chi connectivity index (χ3v) is 4.69. The number of rotatable bonds is 10. The molecular weight excluding hydrogens is 368 g/mol. The monoisotopic (exact) mass is 398 g/mol. The minimum absolute atomic E-state index is 0.0291. The van der Waals surface area contributed by atoms with Gasteiger partial charge in [-0.3, -0.25) is 9.59 Å². The molecule has 0 heterocycles. The van der Waals surface area contributed by atoms with Gasteiger partial charge in [-0.05, 0) is 80.6 Å². The first kappa shape index (κ1) is 22.3. The van der Waals surface area contributed by atoms with Gasteiger partial charge in [0.25, 0.3) is 11.8 Å². The highest BCUT2D eigenvalue weighted by Gasteiger charge is 2.05. The molecule has 6 nitrogen and oxygen atoms in total. The predicted molar refractivity (Wildman–Crippen MR) is 113 cm³/mol. The highest BCUT2D eigenvalue weighted by molar-refractivity contribution is 5.78. The summed E-state index contributed by atoms with van der Waals surface area (Å²) in [6.07, 6.45) is 0.630. The van der Waals surface area contributed by atoms with Crippen molar-refractivity contribution in [2.75, 3.05) is 26.3 Å².